The summed E-state index contributed by atoms with van der Waals surface area (Å²) in [6.07, 6.45) is 0. The molecule has 1 aromatic carbocycles. The van der Waals surface area contributed by atoms with Gasteiger partial charge in [0.2, 0.25) is 5.91 Å². The zero-order valence-corrected chi connectivity index (χ0v) is 12.4. The highest BCUT2D eigenvalue weighted by Crippen LogP contribution is 2.22. The van der Waals surface area contributed by atoms with Crippen LogP contribution >= 0.6 is 15.9 Å². The van der Waals surface area contributed by atoms with Gasteiger partial charge in [-0.1, -0.05) is 35.0 Å². The highest BCUT2D eigenvalue weighted by molar-refractivity contribution is 9.10. The van der Waals surface area contributed by atoms with Gasteiger partial charge in [-0.2, -0.15) is 0 Å². The molecule has 0 saturated heterocycles. The summed E-state index contributed by atoms with van der Waals surface area (Å²) >= 11 is 3.46. The molecule has 4 nitrogen and oxygen atoms in total. The topological polar surface area (TPSA) is 58.4 Å². The van der Waals surface area contributed by atoms with Crippen molar-refractivity contribution in [3.05, 3.63) is 34.3 Å². The molecule has 0 radical (unpaired) electrons. The van der Waals surface area contributed by atoms with Gasteiger partial charge in [0.1, 0.15) is 0 Å². The van der Waals surface area contributed by atoms with Crippen molar-refractivity contribution in [1.29, 1.82) is 0 Å². The molecule has 0 aliphatic rings. The fourth-order valence-corrected chi connectivity index (χ4v) is 2.33. The smallest absolute Gasteiger partial charge is 0.233 e. The highest BCUT2D eigenvalue weighted by atomic mass is 79.9. The van der Waals surface area contributed by atoms with Crippen molar-refractivity contribution in [1.82, 2.24) is 10.2 Å². The lowest BCUT2D eigenvalue weighted by Crippen LogP contribution is -2.40. The Morgan fingerprint density at radius 2 is 2.28 bits per heavy atom. The van der Waals surface area contributed by atoms with E-state index >= 15 is 0 Å². The van der Waals surface area contributed by atoms with Crippen LogP contribution < -0.4 is 11.1 Å². The second-order valence-corrected chi connectivity index (χ2v) is 4.96. The molecule has 1 atom stereocenters. The molecule has 18 heavy (non-hydrogen) atoms. The van der Waals surface area contributed by atoms with E-state index in [-0.39, 0.29) is 11.9 Å². The maximum atomic E-state index is 11.5. The molecule has 1 aromatic rings. The number of hydrogen-bond donors (Lipinski definition) is 2. The van der Waals surface area contributed by atoms with Gasteiger partial charge in [-0.25, -0.2) is 0 Å². The molecule has 0 bridgehead atoms. The molecule has 1 amide bonds. The summed E-state index contributed by atoms with van der Waals surface area (Å²) in [7, 11) is 1.65. The highest BCUT2D eigenvalue weighted by Gasteiger charge is 2.19. The fourth-order valence-electron chi connectivity index (χ4n) is 1.92. The number of rotatable bonds is 6. The van der Waals surface area contributed by atoms with Crippen LogP contribution in [0.1, 0.15) is 18.5 Å². The van der Waals surface area contributed by atoms with E-state index in [0.717, 1.165) is 16.6 Å². The third kappa shape index (κ3) is 4.08. The molecule has 0 aromatic heterocycles. The maximum absolute atomic E-state index is 11.5. The molecular formula is C13H20BrN3O. The first-order valence-corrected chi connectivity index (χ1v) is 6.81. The van der Waals surface area contributed by atoms with E-state index in [1.807, 2.05) is 31.2 Å². The van der Waals surface area contributed by atoms with Gasteiger partial charge >= 0.3 is 0 Å². The van der Waals surface area contributed by atoms with Crippen molar-refractivity contribution in [3.8, 4) is 0 Å². The average molecular weight is 314 g/mol. The Hall–Kier alpha value is -0.910. The van der Waals surface area contributed by atoms with Crippen LogP contribution in [0.4, 0.5) is 0 Å². The van der Waals surface area contributed by atoms with Gasteiger partial charge in [0.05, 0.1) is 6.54 Å². The minimum Gasteiger partial charge on any atom is -0.358 e. The van der Waals surface area contributed by atoms with Gasteiger partial charge in [-0.05, 0) is 24.2 Å². The molecule has 5 heteroatoms. The van der Waals surface area contributed by atoms with E-state index < -0.39 is 0 Å². The Kier molecular flexibility index (Phi) is 6.32. The zero-order valence-electron chi connectivity index (χ0n) is 10.8. The predicted molar refractivity (Wildman–Crippen MR) is 77.3 cm³/mol. The van der Waals surface area contributed by atoms with Crippen LogP contribution in [0.15, 0.2) is 28.7 Å². The number of benzene rings is 1. The van der Waals surface area contributed by atoms with E-state index in [2.05, 4.69) is 26.1 Å². The van der Waals surface area contributed by atoms with Crippen LogP contribution in [0.3, 0.4) is 0 Å². The van der Waals surface area contributed by atoms with E-state index in [4.69, 9.17) is 5.73 Å². The normalized spacial score (nSPS) is 12.5. The van der Waals surface area contributed by atoms with Crippen molar-refractivity contribution < 1.29 is 4.79 Å². The standard InChI is InChI=1S/C13H20BrN3O/c1-3-17(9-13(18)16-2)12(8-15)10-5-4-6-11(14)7-10/h4-7,12H,3,8-9,15H2,1-2H3,(H,16,18). The molecule has 0 saturated carbocycles. The number of carbonyl (C=O) groups is 1. The molecule has 0 aliphatic carbocycles. The van der Waals surface area contributed by atoms with Crippen molar-refractivity contribution in [2.45, 2.75) is 13.0 Å². The second kappa shape index (κ2) is 7.51. The zero-order chi connectivity index (χ0) is 13.5. The minimum atomic E-state index is 0.00490. The number of halogens is 1. The third-order valence-electron chi connectivity index (χ3n) is 2.93. The van der Waals surface area contributed by atoms with Crippen molar-refractivity contribution in [2.75, 3.05) is 26.7 Å². The summed E-state index contributed by atoms with van der Waals surface area (Å²) in [6.45, 7) is 3.66. The molecule has 3 N–H and O–H groups in total. The number of hydrogen-bond acceptors (Lipinski definition) is 3. The summed E-state index contributed by atoms with van der Waals surface area (Å²) in [6, 6.07) is 8.10. The fraction of sp³-hybridized carbons (Fsp3) is 0.462. The van der Waals surface area contributed by atoms with E-state index in [9.17, 15) is 4.79 Å². The van der Waals surface area contributed by atoms with E-state index in [1.165, 1.54) is 0 Å². The lowest BCUT2D eigenvalue weighted by molar-refractivity contribution is -0.122. The number of carbonyl (C=O) groups excluding carboxylic acids is 1. The summed E-state index contributed by atoms with van der Waals surface area (Å²) in [5, 5.41) is 2.64. The Balaban J connectivity index is 2.89. The number of amides is 1. The molecule has 1 unspecified atom stereocenters. The predicted octanol–water partition coefficient (Wildman–Crippen LogP) is 1.52. The van der Waals surface area contributed by atoms with Gasteiger partial charge in [0.15, 0.2) is 0 Å². The van der Waals surface area contributed by atoms with Crippen LogP contribution in [0, 0.1) is 0 Å². The van der Waals surface area contributed by atoms with E-state index in [0.29, 0.717) is 13.1 Å². The lowest BCUT2D eigenvalue weighted by Gasteiger charge is -2.29. The molecule has 0 aliphatic heterocycles. The average Bonchev–Trinajstić information content (AvgIpc) is 2.38. The van der Waals surface area contributed by atoms with Gasteiger partial charge in [0, 0.05) is 24.1 Å². The molecule has 100 valence electrons. The summed E-state index contributed by atoms with van der Waals surface area (Å²) in [5.41, 5.74) is 6.98. The Bertz CT molecular complexity index is 398. The summed E-state index contributed by atoms with van der Waals surface area (Å²) < 4.78 is 1.02. The first-order valence-electron chi connectivity index (χ1n) is 6.02. The van der Waals surface area contributed by atoms with Crippen LogP contribution in [0.5, 0.6) is 0 Å². The van der Waals surface area contributed by atoms with Crippen molar-refractivity contribution >= 4 is 21.8 Å². The van der Waals surface area contributed by atoms with Crippen molar-refractivity contribution in [3.63, 3.8) is 0 Å². The minimum absolute atomic E-state index is 0.00490. The van der Waals surface area contributed by atoms with Crippen LogP contribution in [-0.4, -0.2) is 37.5 Å². The Morgan fingerprint density at radius 1 is 1.56 bits per heavy atom. The Morgan fingerprint density at radius 3 is 2.78 bits per heavy atom. The lowest BCUT2D eigenvalue weighted by atomic mass is 10.1. The molecular weight excluding hydrogens is 294 g/mol. The SMILES string of the molecule is CCN(CC(=O)NC)C(CN)c1cccc(Br)c1. The van der Waals surface area contributed by atoms with E-state index in [1.54, 1.807) is 7.05 Å². The Labute approximate surface area is 117 Å². The molecule has 0 heterocycles. The number of nitrogens with zero attached hydrogens (tertiary/aromatic N) is 1. The number of likely N-dealkylation sites (N-methyl/N-ethyl adjacent to an activating group) is 2. The quantitative estimate of drug-likeness (QED) is 0.837. The van der Waals surface area contributed by atoms with Gasteiger partial charge < -0.3 is 11.1 Å². The van der Waals surface area contributed by atoms with Crippen molar-refractivity contribution in [2.24, 2.45) is 5.73 Å². The largest absolute Gasteiger partial charge is 0.358 e. The molecule has 0 spiro atoms. The van der Waals surface area contributed by atoms with Gasteiger partial charge in [0.25, 0.3) is 0 Å². The number of nitrogens with two attached hydrogens (primary N) is 1. The summed E-state index contributed by atoms with van der Waals surface area (Å²) in [5.74, 6) is 0.00490. The summed E-state index contributed by atoms with van der Waals surface area (Å²) in [4.78, 5) is 13.6. The third-order valence-corrected chi connectivity index (χ3v) is 3.42. The molecule has 1 rings (SSSR count). The second-order valence-electron chi connectivity index (χ2n) is 4.04. The first kappa shape index (κ1) is 15.1. The van der Waals surface area contributed by atoms with Gasteiger partial charge in [-0.3, -0.25) is 9.69 Å². The monoisotopic (exact) mass is 313 g/mol. The molecule has 0 fully saturated rings. The number of nitrogens with one attached hydrogen (secondary N) is 1. The van der Waals surface area contributed by atoms with Crippen LogP contribution in [0.25, 0.3) is 0 Å². The van der Waals surface area contributed by atoms with Gasteiger partial charge in [-0.15, -0.1) is 0 Å². The maximum Gasteiger partial charge on any atom is 0.233 e. The van der Waals surface area contributed by atoms with Crippen LogP contribution in [0.2, 0.25) is 0 Å². The first-order chi connectivity index (χ1) is 8.62. The van der Waals surface area contributed by atoms with Crippen LogP contribution in [-0.2, 0) is 4.79 Å².